The number of carbonyl (C=O) groups is 1. The third kappa shape index (κ3) is 7.55. The number of aliphatic imine (C=N–C) groups is 1. The van der Waals surface area contributed by atoms with Crippen molar-refractivity contribution in [1.29, 1.82) is 0 Å². The van der Waals surface area contributed by atoms with Gasteiger partial charge in [-0.15, -0.1) is 24.0 Å². The van der Waals surface area contributed by atoms with Crippen LogP contribution in [0.2, 0.25) is 0 Å². The first-order chi connectivity index (χ1) is 15.1. The van der Waals surface area contributed by atoms with E-state index in [1.165, 1.54) is 12.1 Å². The molecule has 2 fully saturated rings. The number of benzene rings is 1. The average Bonchev–Trinajstić information content (AvgIpc) is 2.80. The van der Waals surface area contributed by atoms with Crippen molar-refractivity contribution < 1.29 is 18.7 Å². The Balaban J connectivity index is 0.00000363. The minimum atomic E-state index is -0.236. The monoisotopic (exact) mass is 562 g/mol. The lowest BCUT2D eigenvalue weighted by atomic mass is 9.98. The van der Waals surface area contributed by atoms with Gasteiger partial charge in [0.25, 0.3) is 0 Å². The van der Waals surface area contributed by atoms with Gasteiger partial charge in [0.05, 0.1) is 38.3 Å². The fraction of sp³-hybridized carbons (Fsp3) is 0.652. The first-order valence-electron chi connectivity index (χ1n) is 11.4. The minimum absolute atomic E-state index is 0. The van der Waals surface area contributed by atoms with E-state index >= 15 is 0 Å². The molecule has 3 rings (SSSR count). The first kappa shape index (κ1) is 26.8. The van der Waals surface area contributed by atoms with E-state index in [-0.39, 0.29) is 47.7 Å². The molecule has 180 valence electrons. The van der Waals surface area contributed by atoms with Gasteiger partial charge in [0.2, 0.25) is 0 Å². The summed E-state index contributed by atoms with van der Waals surface area (Å²) in [4.78, 5) is 21.7. The van der Waals surface area contributed by atoms with E-state index < -0.39 is 0 Å². The third-order valence-electron chi connectivity index (χ3n) is 5.83. The lowest BCUT2D eigenvalue weighted by Crippen LogP contribution is -2.48. The number of morpholine rings is 1. The lowest BCUT2D eigenvalue weighted by Gasteiger charge is -2.36. The summed E-state index contributed by atoms with van der Waals surface area (Å²) in [5.74, 6) is 0.335. The van der Waals surface area contributed by atoms with Crippen LogP contribution < -0.4 is 5.32 Å². The van der Waals surface area contributed by atoms with Crippen LogP contribution in [0.15, 0.2) is 29.3 Å². The zero-order valence-corrected chi connectivity index (χ0v) is 21.4. The van der Waals surface area contributed by atoms with E-state index in [1.54, 1.807) is 0 Å². The van der Waals surface area contributed by atoms with Crippen molar-refractivity contribution in [1.82, 2.24) is 15.1 Å². The van der Waals surface area contributed by atoms with Crippen molar-refractivity contribution in [2.45, 2.75) is 32.7 Å². The van der Waals surface area contributed by atoms with E-state index in [2.05, 4.69) is 15.1 Å². The second kappa shape index (κ2) is 13.9. The topological polar surface area (TPSA) is 66.4 Å². The molecule has 1 N–H and O–H groups in total. The molecule has 2 aliphatic rings. The molecule has 2 aliphatic heterocycles. The van der Waals surface area contributed by atoms with Gasteiger partial charge in [-0.3, -0.25) is 14.7 Å². The summed E-state index contributed by atoms with van der Waals surface area (Å²) < 4.78 is 24.2. The quantitative estimate of drug-likeness (QED) is 0.239. The highest BCUT2D eigenvalue weighted by atomic mass is 127. The molecule has 9 heteroatoms. The van der Waals surface area contributed by atoms with E-state index in [4.69, 9.17) is 14.5 Å². The zero-order valence-electron chi connectivity index (χ0n) is 19.1. The number of carbonyl (C=O) groups excluding carboxylic acids is 1. The molecule has 0 radical (unpaired) electrons. The number of likely N-dealkylation sites (tertiary alicyclic amines) is 1. The Bertz CT molecular complexity index is 728. The van der Waals surface area contributed by atoms with Crippen molar-refractivity contribution >= 4 is 35.9 Å². The van der Waals surface area contributed by atoms with Crippen LogP contribution >= 0.6 is 24.0 Å². The fourth-order valence-electron chi connectivity index (χ4n) is 4.23. The van der Waals surface area contributed by atoms with Gasteiger partial charge in [-0.25, -0.2) is 4.39 Å². The molecule has 2 atom stereocenters. The van der Waals surface area contributed by atoms with E-state index in [9.17, 15) is 9.18 Å². The first-order valence-corrected chi connectivity index (χ1v) is 11.4. The summed E-state index contributed by atoms with van der Waals surface area (Å²) >= 11 is 0. The van der Waals surface area contributed by atoms with Crippen molar-refractivity contribution in [2.75, 3.05) is 59.1 Å². The molecule has 0 aromatic heterocycles. The smallest absolute Gasteiger partial charge is 0.310 e. The zero-order chi connectivity index (χ0) is 22.1. The number of hydrogen-bond donors (Lipinski definition) is 1. The summed E-state index contributed by atoms with van der Waals surface area (Å²) in [6.07, 6.45) is 1.78. The molecule has 32 heavy (non-hydrogen) atoms. The Hall–Kier alpha value is -1.46. The number of hydrogen-bond acceptors (Lipinski definition) is 5. The van der Waals surface area contributed by atoms with Gasteiger partial charge in [-0.05, 0) is 44.4 Å². The van der Waals surface area contributed by atoms with Crippen LogP contribution in [0.25, 0.3) is 0 Å². The number of rotatable bonds is 7. The Morgan fingerprint density at radius 3 is 2.62 bits per heavy atom. The molecule has 2 unspecified atom stereocenters. The van der Waals surface area contributed by atoms with Crippen LogP contribution in [0.4, 0.5) is 4.39 Å². The second-order valence-corrected chi connectivity index (χ2v) is 7.95. The van der Waals surface area contributed by atoms with E-state index in [1.807, 2.05) is 26.0 Å². The number of piperidine rings is 1. The molecule has 7 nitrogen and oxygen atoms in total. The number of halogens is 2. The van der Waals surface area contributed by atoms with Gasteiger partial charge < -0.3 is 19.7 Å². The van der Waals surface area contributed by atoms with Crippen molar-refractivity contribution in [3.63, 3.8) is 0 Å². The predicted molar refractivity (Wildman–Crippen MR) is 134 cm³/mol. The van der Waals surface area contributed by atoms with Crippen molar-refractivity contribution in [2.24, 2.45) is 10.9 Å². The molecule has 0 spiro atoms. The van der Waals surface area contributed by atoms with Crippen LogP contribution in [0.1, 0.15) is 38.3 Å². The van der Waals surface area contributed by atoms with Crippen LogP contribution in [0, 0.1) is 11.7 Å². The molecular weight excluding hydrogens is 526 g/mol. The van der Waals surface area contributed by atoms with Gasteiger partial charge in [0.1, 0.15) is 5.82 Å². The van der Waals surface area contributed by atoms with Crippen LogP contribution in [0.3, 0.4) is 0 Å². The number of guanidine groups is 1. The van der Waals surface area contributed by atoms with Crippen LogP contribution in [-0.2, 0) is 14.3 Å². The Morgan fingerprint density at radius 1 is 1.25 bits per heavy atom. The Labute approximate surface area is 207 Å². The van der Waals surface area contributed by atoms with E-state index in [0.29, 0.717) is 32.9 Å². The Morgan fingerprint density at radius 2 is 1.97 bits per heavy atom. The third-order valence-corrected chi connectivity index (χ3v) is 5.83. The van der Waals surface area contributed by atoms with Gasteiger partial charge in [0, 0.05) is 32.7 Å². The van der Waals surface area contributed by atoms with Gasteiger partial charge in [0.15, 0.2) is 5.96 Å². The normalized spacial score (nSPS) is 20.9. The number of nitrogens with one attached hydrogen (secondary N) is 1. The number of ether oxygens (including phenoxy) is 2. The molecule has 2 heterocycles. The molecule has 1 aromatic carbocycles. The largest absolute Gasteiger partial charge is 0.466 e. The lowest BCUT2D eigenvalue weighted by molar-refractivity contribution is -0.149. The fourth-order valence-corrected chi connectivity index (χ4v) is 4.23. The maximum absolute atomic E-state index is 13.5. The summed E-state index contributed by atoms with van der Waals surface area (Å²) in [5.41, 5.74) is 1.05. The van der Waals surface area contributed by atoms with Crippen LogP contribution in [0.5, 0.6) is 0 Å². The summed E-state index contributed by atoms with van der Waals surface area (Å²) in [5, 5.41) is 3.38. The number of nitrogens with zero attached hydrogens (tertiary/aromatic N) is 3. The molecule has 0 bridgehead atoms. The maximum atomic E-state index is 13.5. The SMILES string of the molecule is CCNC(=NCC(c1ccc(F)cc1)N1CCOCC1)N1CCCC(C(=O)OCC)C1.I. The maximum Gasteiger partial charge on any atom is 0.310 e. The molecule has 0 amide bonds. The second-order valence-electron chi connectivity index (χ2n) is 7.95. The molecule has 2 saturated heterocycles. The highest BCUT2D eigenvalue weighted by Crippen LogP contribution is 2.24. The minimum Gasteiger partial charge on any atom is -0.466 e. The highest BCUT2D eigenvalue weighted by molar-refractivity contribution is 14.0. The van der Waals surface area contributed by atoms with Gasteiger partial charge >= 0.3 is 5.97 Å². The molecule has 0 aliphatic carbocycles. The predicted octanol–water partition coefficient (Wildman–Crippen LogP) is 3.06. The standard InChI is InChI=1S/C23H35FN4O3.HI/c1-3-25-23(28-11-5-6-19(17-28)22(29)31-4-2)26-16-21(27-12-14-30-15-13-27)18-7-9-20(24)10-8-18;/h7-10,19,21H,3-6,11-17H2,1-2H3,(H,25,26);1H. The summed E-state index contributed by atoms with van der Waals surface area (Å²) in [6, 6.07) is 6.74. The molecular formula is C23H36FIN4O3. The highest BCUT2D eigenvalue weighted by Gasteiger charge is 2.29. The summed E-state index contributed by atoms with van der Waals surface area (Å²) in [6.45, 7) is 10.1. The molecule has 0 saturated carbocycles. The molecule has 1 aromatic rings. The summed E-state index contributed by atoms with van der Waals surface area (Å²) in [7, 11) is 0. The van der Waals surface area contributed by atoms with Gasteiger partial charge in [-0.2, -0.15) is 0 Å². The van der Waals surface area contributed by atoms with Gasteiger partial charge in [-0.1, -0.05) is 12.1 Å². The number of esters is 1. The van der Waals surface area contributed by atoms with E-state index in [0.717, 1.165) is 50.5 Å². The van der Waals surface area contributed by atoms with Crippen LogP contribution in [-0.4, -0.2) is 80.8 Å². The van der Waals surface area contributed by atoms with Crippen molar-refractivity contribution in [3.05, 3.63) is 35.6 Å². The van der Waals surface area contributed by atoms with Crippen molar-refractivity contribution in [3.8, 4) is 0 Å². The average molecular weight is 562 g/mol. The Kier molecular flexibility index (Phi) is 11.7.